The van der Waals surface area contributed by atoms with Gasteiger partial charge in [0, 0.05) is 37.8 Å². The number of rotatable bonds is 3. The number of ether oxygens (including phenoxy) is 1. The minimum atomic E-state index is -0.461. The molecule has 2 rings (SSSR count). The van der Waals surface area contributed by atoms with Gasteiger partial charge in [-0.25, -0.2) is 14.8 Å². The molecule has 2 N–H and O–H groups in total. The third-order valence-electron chi connectivity index (χ3n) is 3.64. The Morgan fingerprint density at radius 2 is 2.09 bits per heavy atom. The number of nitrogens with zero attached hydrogens (tertiary/aromatic N) is 3. The van der Waals surface area contributed by atoms with E-state index in [-0.39, 0.29) is 12.0 Å². The molecule has 0 bridgehead atoms. The summed E-state index contributed by atoms with van der Waals surface area (Å²) in [5, 5.41) is 0. The number of carbonyl (C=O) groups is 1. The van der Waals surface area contributed by atoms with E-state index in [1.165, 1.54) is 0 Å². The quantitative estimate of drug-likeness (QED) is 0.924. The van der Waals surface area contributed by atoms with E-state index in [4.69, 9.17) is 10.5 Å². The highest BCUT2D eigenvalue weighted by Crippen LogP contribution is 2.27. The van der Waals surface area contributed by atoms with Crippen molar-refractivity contribution < 1.29 is 9.53 Å². The van der Waals surface area contributed by atoms with Crippen molar-refractivity contribution in [1.82, 2.24) is 14.9 Å². The first-order valence-electron chi connectivity index (χ1n) is 7.88. The van der Waals surface area contributed by atoms with E-state index in [9.17, 15) is 4.79 Å². The van der Waals surface area contributed by atoms with E-state index in [0.717, 1.165) is 30.8 Å². The lowest BCUT2D eigenvalue weighted by Crippen LogP contribution is -2.42. The second kappa shape index (κ2) is 7.05. The zero-order valence-electron chi connectivity index (χ0n) is 13.7. The maximum Gasteiger partial charge on any atom is 0.410 e. The lowest BCUT2D eigenvalue weighted by molar-refractivity contribution is 0.0198. The van der Waals surface area contributed by atoms with Crippen LogP contribution < -0.4 is 5.73 Å². The highest BCUT2D eigenvalue weighted by atomic mass is 16.6. The van der Waals surface area contributed by atoms with Crippen LogP contribution in [-0.2, 0) is 11.2 Å². The third-order valence-corrected chi connectivity index (χ3v) is 3.64. The molecule has 0 aromatic carbocycles. The van der Waals surface area contributed by atoms with Gasteiger partial charge in [0.1, 0.15) is 11.4 Å². The summed E-state index contributed by atoms with van der Waals surface area (Å²) in [7, 11) is 0. The number of piperidine rings is 1. The van der Waals surface area contributed by atoms with Crippen LogP contribution in [-0.4, -0.2) is 46.2 Å². The molecule has 1 aromatic heterocycles. The molecule has 6 heteroatoms. The fourth-order valence-corrected chi connectivity index (χ4v) is 2.58. The average molecular weight is 306 g/mol. The summed E-state index contributed by atoms with van der Waals surface area (Å²) in [5.41, 5.74) is 6.12. The predicted octanol–water partition coefficient (Wildman–Crippen LogP) is 2.09. The third kappa shape index (κ3) is 4.66. The van der Waals surface area contributed by atoms with Crippen molar-refractivity contribution in [2.75, 3.05) is 19.6 Å². The van der Waals surface area contributed by atoms with Gasteiger partial charge in [0.25, 0.3) is 0 Å². The van der Waals surface area contributed by atoms with E-state index >= 15 is 0 Å². The summed E-state index contributed by atoms with van der Waals surface area (Å²) >= 11 is 0. The van der Waals surface area contributed by atoms with Gasteiger partial charge in [-0.3, -0.25) is 0 Å². The molecule has 1 aromatic rings. The van der Waals surface area contributed by atoms with E-state index < -0.39 is 5.60 Å². The van der Waals surface area contributed by atoms with Crippen LogP contribution in [0.25, 0.3) is 0 Å². The Bertz CT molecular complexity index is 496. The van der Waals surface area contributed by atoms with E-state index in [1.807, 2.05) is 33.2 Å². The Morgan fingerprint density at radius 3 is 2.68 bits per heavy atom. The van der Waals surface area contributed by atoms with Gasteiger partial charge in [-0.05, 0) is 45.7 Å². The standard InChI is InChI=1S/C16H26N4O2/c1-16(2,3)22-15(21)20-8-4-5-12(11-20)13-9-18-14(6-7-17)19-10-13/h9-10,12H,4-8,11,17H2,1-3H3. The number of likely N-dealkylation sites (tertiary alicyclic amines) is 1. The summed E-state index contributed by atoms with van der Waals surface area (Å²) in [6, 6.07) is 0. The summed E-state index contributed by atoms with van der Waals surface area (Å²) in [5.74, 6) is 1.04. The molecule has 1 fully saturated rings. The van der Waals surface area contributed by atoms with Crippen molar-refractivity contribution in [2.45, 2.75) is 51.6 Å². The number of nitrogens with two attached hydrogens (primary N) is 1. The second-order valence-electron chi connectivity index (χ2n) is 6.74. The predicted molar refractivity (Wildman–Crippen MR) is 84.6 cm³/mol. The van der Waals surface area contributed by atoms with Gasteiger partial charge in [-0.15, -0.1) is 0 Å². The monoisotopic (exact) mass is 306 g/mol. The molecule has 2 heterocycles. The van der Waals surface area contributed by atoms with E-state index in [1.54, 1.807) is 4.90 Å². The molecule has 1 aliphatic rings. The Hall–Kier alpha value is -1.69. The second-order valence-corrected chi connectivity index (χ2v) is 6.74. The van der Waals surface area contributed by atoms with Crippen molar-refractivity contribution in [3.05, 3.63) is 23.8 Å². The molecular weight excluding hydrogens is 280 g/mol. The number of hydrogen-bond donors (Lipinski definition) is 1. The SMILES string of the molecule is CC(C)(C)OC(=O)N1CCCC(c2cnc(CCN)nc2)C1. The molecule has 1 aliphatic heterocycles. The highest BCUT2D eigenvalue weighted by Gasteiger charge is 2.28. The maximum absolute atomic E-state index is 12.2. The fourth-order valence-electron chi connectivity index (χ4n) is 2.58. The van der Waals surface area contributed by atoms with Crippen LogP contribution in [0.3, 0.4) is 0 Å². The zero-order valence-corrected chi connectivity index (χ0v) is 13.7. The Kier molecular flexibility index (Phi) is 5.34. The summed E-state index contributed by atoms with van der Waals surface area (Å²) in [4.78, 5) is 22.7. The van der Waals surface area contributed by atoms with Gasteiger partial charge in [0.2, 0.25) is 0 Å². The minimum absolute atomic E-state index is 0.238. The zero-order chi connectivity index (χ0) is 16.2. The fraction of sp³-hybridized carbons (Fsp3) is 0.688. The van der Waals surface area contributed by atoms with Gasteiger partial charge in [0.15, 0.2) is 0 Å². The summed E-state index contributed by atoms with van der Waals surface area (Å²) < 4.78 is 5.45. The Balaban J connectivity index is 1.99. The molecule has 0 spiro atoms. The number of carbonyl (C=O) groups excluding carboxylic acids is 1. The van der Waals surface area contributed by atoms with Crippen LogP contribution >= 0.6 is 0 Å². The molecule has 1 atom stereocenters. The van der Waals surface area contributed by atoms with Gasteiger partial charge >= 0.3 is 6.09 Å². The average Bonchev–Trinajstić information content (AvgIpc) is 2.47. The minimum Gasteiger partial charge on any atom is -0.444 e. The summed E-state index contributed by atoms with van der Waals surface area (Å²) in [6.07, 6.45) is 6.18. The van der Waals surface area contributed by atoms with Crippen LogP contribution in [0.2, 0.25) is 0 Å². The molecule has 122 valence electrons. The van der Waals surface area contributed by atoms with Crippen molar-refractivity contribution in [1.29, 1.82) is 0 Å². The van der Waals surface area contributed by atoms with E-state index in [0.29, 0.717) is 19.5 Å². The highest BCUT2D eigenvalue weighted by molar-refractivity contribution is 5.68. The van der Waals surface area contributed by atoms with Crippen molar-refractivity contribution in [3.8, 4) is 0 Å². The first kappa shape index (κ1) is 16.7. The smallest absolute Gasteiger partial charge is 0.410 e. The van der Waals surface area contributed by atoms with Crippen LogP contribution in [0, 0.1) is 0 Å². The lowest BCUT2D eigenvalue weighted by atomic mass is 9.93. The molecule has 6 nitrogen and oxygen atoms in total. The van der Waals surface area contributed by atoms with Crippen molar-refractivity contribution in [2.24, 2.45) is 5.73 Å². The molecule has 1 saturated heterocycles. The Labute approximate surface area is 132 Å². The van der Waals surface area contributed by atoms with Crippen molar-refractivity contribution >= 4 is 6.09 Å². The molecule has 1 amide bonds. The van der Waals surface area contributed by atoms with Gasteiger partial charge in [-0.2, -0.15) is 0 Å². The normalized spacial score (nSPS) is 19.1. The van der Waals surface area contributed by atoms with Gasteiger partial charge in [-0.1, -0.05) is 0 Å². The molecule has 22 heavy (non-hydrogen) atoms. The summed E-state index contributed by atoms with van der Waals surface area (Å²) in [6.45, 7) is 7.62. The van der Waals surface area contributed by atoms with Gasteiger partial charge < -0.3 is 15.4 Å². The van der Waals surface area contributed by atoms with Crippen LogP contribution in [0.4, 0.5) is 4.79 Å². The molecule has 0 radical (unpaired) electrons. The Morgan fingerprint density at radius 1 is 1.41 bits per heavy atom. The number of aromatic nitrogens is 2. The van der Waals surface area contributed by atoms with Crippen LogP contribution in [0.15, 0.2) is 12.4 Å². The molecule has 0 aliphatic carbocycles. The first-order valence-corrected chi connectivity index (χ1v) is 7.88. The largest absolute Gasteiger partial charge is 0.444 e. The van der Waals surface area contributed by atoms with Crippen molar-refractivity contribution in [3.63, 3.8) is 0 Å². The van der Waals surface area contributed by atoms with Crippen LogP contribution in [0.5, 0.6) is 0 Å². The van der Waals surface area contributed by atoms with E-state index in [2.05, 4.69) is 9.97 Å². The van der Waals surface area contributed by atoms with Gasteiger partial charge in [0.05, 0.1) is 0 Å². The topological polar surface area (TPSA) is 81.3 Å². The maximum atomic E-state index is 12.2. The number of amides is 1. The lowest BCUT2D eigenvalue weighted by Gasteiger charge is -2.34. The van der Waals surface area contributed by atoms with Crippen LogP contribution in [0.1, 0.15) is 50.9 Å². The molecule has 0 saturated carbocycles. The molecular formula is C16H26N4O2. The molecule has 1 unspecified atom stereocenters. The first-order chi connectivity index (χ1) is 10.4. The number of hydrogen-bond acceptors (Lipinski definition) is 5.